The number of nitro groups is 1. The van der Waals surface area contributed by atoms with Gasteiger partial charge >= 0.3 is 5.97 Å². The number of hydrogen-bond acceptors (Lipinski definition) is 5. The maximum atomic E-state index is 10.9. The fourth-order valence-electron chi connectivity index (χ4n) is 1.29. The first kappa shape index (κ1) is 13.4. The molecule has 96 valence electrons. The molecule has 8 heteroatoms. The molecule has 8 nitrogen and oxygen atoms in total. The summed E-state index contributed by atoms with van der Waals surface area (Å²) in [5, 5.41) is 21.9. The van der Waals surface area contributed by atoms with Crippen LogP contribution in [-0.4, -0.2) is 28.5 Å². The number of amides is 1. The molecule has 1 rings (SSSR count). The smallest absolute Gasteiger partial charge is 0.305 e. The summed E-state index contributed by atoms with van der Waals surface area (Å²) in [5.41, 5.74) is 4.85. The summed E-state index contributed by atoms with van der Waals surface area (Å²) in [5.74, 6) is -1.78. The Balaban J connectivity index is 2.93. The van der Waals surface area contributed by atoms with Crippen molar-refractivity contribution in [2.24, 2.45) is 5.73 Å². The van der Waals surface area contributed by atoms with Crippen LogP contribution in [0.5, 0.6) is 0 Å². The number of aliphatic carboxylic acids is 1. The Bertz CT molecular complexity index is 500. The van der Waals surface area contributed by atoms with Crippen LogP contribution in [0.15, 0.2) is 18.2 Å². The van der Waals surface area contributed by atoms with Crippen LogP contribution in [0.25, 0.3) is 0 Å². The average Bonchev–Trinajstić information content (AvgIpc) is 2.28. The van der Waals surface area contributed by atoms with Crippen LogP contribution in [0.2, 0.25) is 0 Å². The van der Waals surface area contributed by atoms with Crippen molar-refractivity contribution in [1.29, 1.82) is 0 Å². The molecule has 18 heavy (non-hydrogen) atoms. The number of nitro benzene ring substituents is 1. The standard InChI is InChI=1S/C10H11N3O5/c11-10(16)6-1-2-7(8(5-6)13(17)18)12-4-3-9(14)15/h1-2,5,12H,3-4H2,(H2,11,16)(H,14,15). The van der Waals surface area contributed by atoms with Crippen LogP contribution in [0.1, 0.15) is 16.8 Å². The van der Waals surface area contributed by atoms with Crippen LogP contribution < -0.4 is 11.1 Å². The molecule has 0 atom stereocenters. The Labute approximate surface area is 102 Å². The van der Waals surface area contributed by atoms with Crippen molar-refractivity contribution in [2.45, 2.75) is 6.42 Å². The van der Waals surface area contributed by atoms with Crippen LogP contribution in [0.3, 0.4) is 0 Å². The molecule has 0 saturated heterocycles. The topological polar surface area (TPSA) is 136 Å². The van der Waals surface area contributed by atoms with Gasteiger partial charge in [-0.3, -0.25) is 19.7 Å². The number of nitrogens with one attached hydrogen (secondary N) is 1. The van der Waals surface area contributed by atoms with Gasteiger partial charge in [-0.2, -0.15) is 0 Å². The van der Waals surface area contributed by atoms with Gasteiger partial charge in [0.05, 0.1) is 11.3 Å². The molecule has 0 aliphatic rings. The minimum Gasteiger partial charge on any atom is -0.481 e. The van der Waals surface area contributed by atoms with Crippen molar-refractivity contribution in [3.63, 3.8) is 0 Å². The Morgan fingerprint density at radius 1 is 1.44 bits per heavy atom. The summed E-state index contributed by atoms with van der Waals surface area (Å²) in [6.07, 6.45) is -0.172. The minimum atomic E-state index is -1.01. The third-order valence-electron chi connectivity index (χ3n) is 2.13. The molecular weight excluding hydrogens is 242 g/mol. The van der Waals surface area contributed by atoms with Crippen molar-refractivity contribution in [3.05, 3.63) is 33.9 Å². The lowest BCUT2D eigenvalue weighted by Crippen LogP contribution is -2.13. The first-order valence-electron chi connectivity index (χ1n) is 4.95. The first-order chi connectivity index (χ1) is 8.41. The molecule has 1 aromatic carbocycles. The summed E-state index contributed by atoms with van der Waals surface area (Å²) < 4.78 is 0. The second-order valence-corrected chi connectivity index (χ2v) is 3.42. The molecule has 0 aromatic heterocycles. The van der Waals surface area contributed by atoms with E-state index < -0.39 is 16.8 Å². The van der Waals surface area contributed by atoms with Crippen LogP contribution in [0.4, 0.5) is 11.4 Å². The third kappa shape index (κ3) is 3.44. The van der Waals surface area contributed by atoms with Crippen molar-refractivity contribution < 1.29 is 19.6 Å². The molecule has 0 heterocycles. The van der Waals surface area contributed by atoms with Gasteiger partial charge in [-0.05, 0) is 12.1 Å². The zero-order valence-electron chi connectivity index (χ0n) is 9.25. The number of hydrogen-bond donors (Lipinski definition) is 3. The third-order valence-corrected chi connectivity index (χ3v) is 2.13. The highest BCUT2D eigenvalue weighted by Gasteiger charge is 2.16. The molecule has 1 aromatic rings. The Hall–Kier alpha value is -2.64. The number of carbonyl (C=O) groups is 2. The SMILES string of the molecule is NC(=O)c1ccc(NCCC(=O)O)c([N+](=O)[O-])c1. The lowest BCUT2D eigenvalue weighted by Gasteiger charge is -2.06. The van der Waals surface area contributed by atoms with E-state index in [1.807, 2.05) is 0 Å². The molecule has 0 aliphatic carbocycles. The number of nitrogens with two attached hydrogens (primary N) is 1. The summed E-state index contributed by atoms with van der Waals surface area (Å²) >= 11 is 0. The van der Waals surface area contributed by atoms with E-state index in [1.54, 1.807) is 0 Å². The van der Waals surface area contributed by atoms with E-state index >= 15 is 0 Å². The monoisotopic (exact) mass is 253 g/mol. The van der Waals surface area contributed by atoms with E-state index in [2.05, 4.69) is 5.32 Å². The van der Waals surface area contributed by atoms with Gasteiger partial charge in [0.15, 0.2) is 0 Å². The summed E-state index contributed by atoms with van der Waals surface area (Å²) in [4.78, 5) is 31.3. The van der Waals surface area contributed by atoms with E-state index in [0.29, 0.717) is 0 Å². The number of rotatable bonds is 6. The molecule has 4 N–H and O–H groups in total. The molecular formula is C10H11N3O5. The second-order valence-electron chi connectivity index (χ2n) is 3.42. The highest BCUT2D eigenvalue weighted by Crippen LogP contribution is 2.25. The summed E-state index contributed by atoms with van der Waals surface area (Å²) in [6.45, 7) is 0.0477. The van der Waals surface area contributed by atoms with Gasteiger partial charge in [0.25, 0.3) is 5.69 Å². The van der Waals surface area contributed by atoms with Crippen molar-refractivity contribution in [2.75, 3.05) is 11.9 Å². The van der Waals surface area contributed by atoms with Crippen LogP contribution in [-0.2, 0) is 4.79 Å². The van der Waals surface area contributed by atoms with Gasteiger partial charge in [-0.15, -0.1) is 0 Å². The lowest BCUT2D eigenvalue weighted by molar-refractivity contribution is -0.384. The number of nitrogens with zero attached hydrogens (tertiary/aromatic N) is 1. The van der Waals surface area contributed by atoms with Crippen LogP contribution in [0, 0.1) is 10.1 Å². The van der Waals surface area contributed by atoms with Gasteiger partial charge in [0, 0.05) is 18.2 Å². The fraction of sp³-hybridized carbons (Fsp3) is 0.200. The zero-order chi connectivity index (χ0) is 13.7. The average molecular weight is 253 g/mol. The number of carboxylic acid groups (broad SMARTS) is 1. The molecule has 0 spiro atoms. The predicted octanol–water partition coefficient (Wildman–Crippen LogP) is 0.580. The Kier molecular flexibility index (Phi) is 4.19. The van der Waals surface area contributed by atoms with E-state index in [0.717, 1.165) is 6.07 Å². The van der Waals surface area contributed by atoms with Gasteiger partial charge in [0.1, 0.15) is 5.69 Å². The number of carboxylic acids is 1. The Morgan fingerprint density at radius 2 is 2.11 bits per heavy atom. The maximum Gasteiger partial charge on any atom is 0.305 e. The normalized spacial score (nSPS) is 9.78. The number of primary amides is 1. The molecule has 0 unspecified atom stereocenters. The largest absolute Gasteiger partial charge is 0.481 e. The van der Waals surface area contributed by atoms with Gasteiger partial charge in [-0.25, -0.2) is 0 Å². The maximum absolute atomic E-state index is 10.9. The number of anilines is 1. The molecule has 1 amide bonds. The second kappa shape index (κ2) is 5.62. The molecule has 0 fully saturated rings. The fourth-order valence-corrected chi connectivity index (χ4v) is 1.29. The van der Waals surface area contributed by atoms with Gasteiger partial charge in [-0.1, -0.05) is 0 Å². The first-order valence-corrected chi connectivity index (χ1v) is 4.95. The zero-order valence-corrected chi connectivity index (χ0v) is 9.25. The molecule has 0 aliphatic heterocycles. The lowest BCUT2D eigenvalue weighted by atomic mass is 10.1. The summed E-state index contributed by atoms with van der Waals surface area (Å²) in [6, 6.07) is 3.70. The molecule has 0 bridgehead atoms. The van der Waals surface area contributed by atoms with Gasteiger partial charge in [0.2, 0.25) is 5.91 Å². The predicted molar refractivity (Wildman–Crippen MR) is 62.4 cm³/mol. The van der Waals surface area contributed by atoms with E-state index in [1.165, 1.54) is 12.1 Å². The summed E-state index contributed by atoms with van der Waals surface area (Å²) in [7, 11) is 0. The van der Waals surface area contributed by atoms with E-state index in [4.69, 9.17) is 10.8 Å². The minimum absolute atomic E-state index is 0.0190. The van der Waals surface area contributed by atoms with E-state index in [9.17, 15) is 19.7 Å². The number of benzene rings is 1. The van der Waals surface area contributed by atoms with E-state index in [-0.39, 0.29) is 29.9 Å². The highest BCUT2D eigenvalue weighted by molar-refractivity contribution is 5.94. The van der Waals surface area contributed by atoms with Crippen LogP contribution >= 0.6 is 0 Å². The van der Waals surface area contributed by atoms with Crippen molar-refractivity contribution >= 4 is 23.3 Å². The highest BCUT2D eigenvalue weighted by atomic mass is 16.6. The van der Waals surface area contributed by atoms with Crippen molar-refractivity contribution in [3.8, 4) is 0 Å². The number of carbonyl (C=O) groups excluding carboxylic acids is 1. The Morgan fingerprint density at radius 3 is 2.61 bits per heavy atom. The molecule has 0 saturated carbocycles. The van der Waals surface area contributed by atoms with Crippen molar-refractivity contribution in [1.82, 2.24) is 0 Å². The quantitative estimate of drug-likeness (QED) is 0.501. The van der Waals surface area contributed by atoms with Gasteiger partial charge < -0.3 is 16.2 Å². The molecule has 0 radical (unpaired) electrons.